The Kier molecular flexibility index (Phi) is 3.72. The maximum atomic E-state index is 14.3. The summed E-state index contributed by atoms with van der Waals surface area (Å²) in [5, 5.41) is 0. The van der Waals surface area contributed by atoms with Gasteiger partial charge in [0.2, 0.25) is 0 Å². The van der Waals surface area contributed by atoms with Gasteiger partial charge in [0.25, 0.3) is 0 Å². The van der Waals surface area contributed by atoms with E-state index >= 15 is 0 Å². The number of rotatable bonds is 3. The number of carbonyl (C=O) groups excluding carboxylic acids is 1. The van der Waals surface area contributed by atoms with Crippen molar-refractivity contribution in [3.05, 3.63) is 48.3 Å². The van der Waals surface area contributed by atoms with E-state index in [2.05, 4.69) is 4.98 Å². The van der Waals surface area contributed by atoms with Crippen LogP contribution in [0.25, 0.3) is 11.1 Å². The maximum Gasteiger partial charge on any atom is 0.414 e. The number of aromatic nitrogens is 1. The molecular weight excluding hydrogens is 292 g/mol. The third-order valence-electron chi connectivity index (χ3n) is 3.43. The molecular formula is C15H13F2N3O2. The highest BCUT2D eigenvalue weighted by atomic mass is 19.1. The molecule has 1 aromatic heterocycles. The first-order valence-electron chi connectivity index (χ1n) is 6.68. The van der Waals surface area contributed by atoms with Crippen molar-refractivity contribution in [1.82, 2.24) is 4.98 Å². The van der Waals surface area contributed by atoms with E-state index in [9.17, 15) is 13.6 Å². The number of amides is 1. The number of hydrogen-bond acceptors (Lipinski definition) is 4. The quantitative estimate of drug-likeness (QED) is 0.945. The number of carbonyl (C=O) groups is 1. The third kappa shape index (κ3) is 2.50. The molecule has 2 N–H and O–H groups in total. The molecule has 1 unspecified atom stereocenters. The van der Waals surface area contributed by atoms with Crippen molar-refractivity contribution < 1.29 is 18.3 Å². The minimum absolute atomic E-state index is 0.101. The average molecular weight is 305 g/mol. The molecule has 114 valence electrons. The van der Waals surface area contributed by atoms with Crippen LogP contribution in [0.3, 0.4) is 0 Å². The summed E-state index contributed by atoms with van der Waals surface area (Å²) >= 11 is 0. The van der Waals surface area contributed by atoms with E-state index in [0.717, 1.165) is 17.0 Å². The van der Waals surface area contributed by atoms with Crippen LogP contribution in [0.5, 0.6) is 0 Å². The third-order valence-corrected chi connectivity index (χ3v) is 3.43. The van der Waals surface area contributed by atoms with Gasteiger partial charge in [-0.3, -0.25) is 9.88 Å². The molecule has 1 fully saturated rings. The monoisotopic (exact) mass is 305 g/mol. The van der Waals surface area contributed by atoms with E-state index in [4.69, 9.17) is 10.5 Å². The maximum absolute atomic E-state index is 14.3. The van der Waals surface area contributed by atoms with Crippen molar-refractivity contribution in [3.8, 4) is 11.1 Å². The summed E-state index contributed by atoms with van der Waals surface area (Å²) in [6.07, 6.45) is 1.75. The Morgan fingerprint density at radius 1 is 1.36 bits per heavy atom. The van der Waals surface area contributed by atoms with Crippen molar-refractivity contribution in [2.24, 2.45) is 5.73 Å². The first kappa shape index (κ1) is 14.4. The molecule has 5 nitrogen and oxygen atoms in total. The molecule has 0 aliphatic carbocycles. The molecule has 0 saturated carbocycles. The molecule has 1 aromatic carbocycles. The lowest BCUT2D eigenvalue weighted by Crippen LogP contribution is -2.27. The number of nitrogens with zero attached hydrogens (tertiary/aromatic N) is 2. The van der Waals surface area contributed by atoms with Crippen LogP contribution in [0.4, 0.5) is 19.3 Å². The minimum atomic E-state index is -0.771. The number of cyclic esters (lactones) is 1. The van der Waals surface area contributed by atoms with Gasteiger partial charge < -0.3 is 10.5 Å². The van der Waals surface area contributed by atoms with Gasteiger partial charge in [-0.2, -0.15) is 0 Å². The van der Waals surface area contributed by atoms with Crippen LogP contribution >= 0.6 is 0 Å². The predicted molar refractivity (Wildman–Crippen MR) is 76.3 cm³/mol. The highest BCUT2D eigenvalue weighted by molar-refractivity contribution is 5.90. The van der Waals surface area contributed by atoms with Crippen molar-refractivity contribution >= 4 is 11.8 Å². The molecule has 2 heterocycles. The Morgan fingerprint density at radius 2 is 2.09 bits per heavy atom. The lowest BCUT2D eigenvalue weighted by molar-refractivity contribution is 0.145. The highest BCUT2D eigenvalue weighted by Crippen LogP contribution is 2.31. The molecule has 0 bridgehead atoms. The van der Waals surface area contributed by atoms with Gasteiger partial charge in [-0.15, -0.1) is 0 Å². The first-order valence-corrected chi connectivity index (χ1v) is 6.68. The molecule has 1 amide bonds. The fraction of sp³-hybridized carbons (Fsp3) is 0.200. The van der Waals surface area contributed by atoms with Gasteiger partial charge in [0.15, 0.2) is 0 Å². The molecule has 3 rings (SSSR count). The molecule has 22 heavy (non-hydrogen) atoms. The van der Waals surface area contributed by atoms with Gasteiger partial charge >= 0.3 is 6.09 Å². The van der Waals surface area contributed by atoms with Crippen LogP contribution in [0.2, 0.25) is 0 Å². The highest BCUT2D eigenvalue weighted by Gasteiger charge is 2.32. The van der Waals surface area contributed by atoms with Gasteiger partial charge in [0.05, 0.1) is 17.8 Å². The molecule has 1 atom stereocenters. The predicted octanol–water partition coefficient (Wildman–Crippen LogP) is 2.31. The van der Waals surface area contributed by atoms with Crippen LogP contribution in [-0.4, -0.2) is 30.3 Å². The van der Waals surface area contributed by atoms with Crippen LogP contribution < -0.4 is 10.6 Å². The zero-order valence-corrected chi connectivity index (χ0v) is 11.5. The smallest absolute Gasteiger partial charge is 0.414 e. The van der Waals surface area contributed by atoms with Gasteiger partial charge in [0, 0.05) is 24.5 Å². The van der Waals surface area contributed by atoms with Crippen molar-refractivity contribution in [1.29, 1.82) is 0 Å². The fourth-order valence-electron chi connectivity index (χ4n) is 2.36. The molecule has 0 radical (unpaired) electrons. The van der Waals surface area contributed by atoms with E-state index < -0.39 is 23.8 Å². The summed E-state index contributed by atoms with van der Waals surface area (Å²) < 4.78 is 33.5. The number of anilines is 1. The van der Waals surface area contributed by atoms with Crippen LogP contribution in [-0.2, 0) is 4.74 Å². The zero-order chi connectivity index (χ0) is 15.7. The second-order valence-corrected chi connectivity index (χ2v) is 4.88. The van der Waals surface area contributed by atoms with Gasteiger partial charge in [0.1, 0.15) is 17.7 Å². The van der Waals surface area contributed by atoms with Crippen LogP contribution in [0, 0.1) is 11.6 Å². The second kappa shape index (κ2) is 5.69. The summed E-state index contributed by atoms with van der Waals surface area (Å²) in [5.74, 6) is -1.54. The number of ether oxygens (including phenoxy) is 1. The van der Waals surface area contributed by atoms with E-state index in [1.807, 2.05) is 0 Å². The van der Waals surface area contributed by atoms with Gasteiger partial charge in [-0.1, -0.05) is 6.07 Å². The Morgan fingerprint density at radius 3 is 2.64 bits per heavy atom. The average Bonchev–Trinajstić information content (AvgIpc) is 2.89. The minimum Gasteiger partial charge on any atom is -0.443 e. The largest absolute Gasteiger partial charge is 0.443 e. The van der Waals surface area contributed by atoms with Gasteiger partial charge in [-0.25, -0.2) is 13.6 Å². The van der Waals surface area contributed by atoms with Crippen molar-refractivity contribution in [3.63, 3.8) is 0 Å². The Bertz CT molecular complexity index is 686. The Hall–Kier alpha value is -2.54. The van der Waals surface area contributed by atoms with Crippen molar-refractivity contribution in [2.45, 2.75) is 6.10 Å². The summed E-state index contributed by atoms with van der Waals surface area (Å²) in [6.45, 7) is 0.321. The van der Waals surface area contributed by atoms with E-state index in [0.29, 0.717) is 5.56 Å². The van der Waals surface area contributed by atoms with Crippen LogP contribution in [0.15, 0.2) is 36.7 Å². The van der Waals surface area contributed by atoms with E-state index in [1.165, 1.54) is 12.4 Å². The summed E-state index contributed by atoms with van der Waals surface area (Å²) in [7, 11) is 0. The lowest BCUT2D eigenvalue weighted by atomic mass is 10.1. The Balaban J connectivity index is 1.98. The van der Waals surface area contributed by atoms with Crippen molar-refractivity contribution in [2.75, 3.05) is 18.0 Å². The summed E-state index contributed by atoms with van der Waals surface area (Å²) in [6, 6.07) is 5.35. The second-order valence-electron chi connectivity index (χ2n) is 4.88. The summed E-state index contributed by atoms with van der Waals surface area (Å²) in [4.78, 5) is 16.7. The number of halogens is 2. The van der Waals surface area contributed by atoms with Gasteiger partial charge in [-0.05, 0) is 18.2 Å². The van der Waals surface area contributed by atoms with Crippen LogP contribution in [0.1, 0.15) is 0 Å². The summed E-state index contributed by atoms with van der Waals surface area (Å²) in [5.41, 5.74) is 5.68. The lowest BCUT2D eigenvalue weighted by Gasteiger charge is -2.15. The molecule has 1 saturated heterocycles. The van der Waals surface area contributed by atoms with E-state index in [-0.39, 0.29) is 24.3 Å². The standard InChI is InChI=1S/C15H13F2N3O2/c16-12-4-10(20-8-11(6-18)22-15(20)21)5-13(17)14(12)9-2-1-3-19-7-9/h1-5,7,11H,6,8,18H2. The molecule has 1 aliphatic heterocycles. The zero-order valence-electron chi connectivity index (χ0n) is 11.5. The molecule has 0 spiro atoms. The number of benzene rings is 1. The number of nitrogens with two attached hydrogens (primary N) is 1. The Labute approximate surface area is 125 Å². The molecule has 1 aliphatic rings. The topological polar surface area (TPSA) is 68.5 Å². The normalized spacial score (nSPS) is 17.7. The fourth-order valence-corrected chi connectivity index (χ4v) is 2.36. The molecule has 2 aromatic rings. The number of pyridine rings is 1. The SMILES string of the molecule is NCC1CN(c2cc(F)c(-c3cccnc3)c(F)c2)C(=O)O1. The van der Waals surface area contributed by atoms with E-state index in [1.54, 1.807) is 12.1 Å². The molecule has 7 heteroatoms. The first-order chi connectivity index (χ1) is 10.6. The number of hydrogen-bond donors (Lipinski definition) is 1.